The second-order valence-corrected chi connectivity index (χ2v) is 9.27. The molecule has 9 heteroatoms. The highest BCUT2D eigenvalue weighted by Gasteiger charge is 2.24. The summed E-state index contributed by atoms with van der Waals surface area (Å²) in [5.74, 6) is 0.332. The summed E-state index contributed by atoms with van der Waals surface area (Å²) in [6.45, 7) is -1.53. The lowest BCUT2D eigenvalue weighted by Crippen LogP contribution is -2.34. The molecular formula is C8H18NO5PS2. The van der Waals surface area contributed by atoms with Crippen LogP contribution in [0.15, 0.2) is 0 Å². The molecule has 0 aromatic carbocycles. The van der Waals surface area contributed by atoms with E-state index in [4.69, 9.17) is 9.05 Å². The lowest BCUT2D eigenvalue weighted by Gasteiger charge is -2.13. The molecule has 0 aromatic rings. The van der Waals surface area contributed by atoms with Crippen molar-refractivity contribution in [2.75, 3.05) is 32.8 Å². The van der Waals surface area contributed by atoms with Crippen molar-refractivity contribution < 1.29 is 22.6 Å². The van der Waals surface area contributed by atoms with Crippen LogP contribution in [0.5, 0.6) is 0 Å². The quantitative estimate of drug-likeness (QED) is 0.674. The maximum absolute atomic E-state index is 11.7. The largest absolute Gasteiger partial charge is 0.388 e. The molecule has 0 heterocycles. The molecule has 0 rings (SSSR count). The summed E-state index contributed by atoms with van der Waals surface area (Å²) in [5.41, 5.74) is 0. The average molecular weight is 303 g/mol. The molecular weight excluding hydrogens is 285 g/mol. The van der Waals surface area contributed by atoms with E-state index in [1.807, 2.05) is 0 Å². The zero-order valence-corrected chi connectivity index (χ0v) is 12.8. The number of hydrogen-bond acceptors (Lipinski definition) is 6. The Kier molecular flexibility index (Phi) is 8.32. The number of hydrogen-bond donors (Lipinski definition) is 1. The van der Waals surface area contributed by atoms with Gasteiger partial charge >= 0.3 is 6.80 Å². The van der Waals surface area contributed by atoms with Gasteiger partial charge in [-0.2, -0.15) is 0 Å². The van der Waals surface area contributed by atoms with E-state index in [0.717, 1.165) is 11.4 Å². The summed E-state index contributed by atoms with van der Waals surface area (Å²) in [7, 11) is 2.78. The lowest BCUT2D eigenvalue weighted by molar-refractivity contribution is -0.119. The number of amides is 1. The van der Waals surface area contributed by atoms with Gasteiger partial charge in [-0.3, -0.25) is 9.00 Å². The molecule has 6 nitrogen and oxygen atoms in total. The number of carbonyl (C=O) groups excluding carboxylic acids is 1. The van der Waals surface area contributed by atoms with E-state index >= 15 is 0 Å². The van der Waals surface area contributed by atoms with Gasteiger partial charge in [-0.15, -0.1) is 0 Å². The first kappa shape index (κ1) is 17.1. The molecule has 0 bridgehead atoms. The van der Waals surface area contributed by atoms with Gasteiger partial charge in [0.25, 0.3) is 0 Å². The minimum Gasteiger partial charge on any atom is -0.358 e. The fraction of sp³-hybridized carbons (Fsp3) is 0.875. The zero-order valence-electron chi connectivity index (χ0n) is 10.3. The molecule has 2 atom stereocenters. The molecule has 0 aliphatic carbocycles. The maximum atomic E-state index is 11.7. The second kappa shape index (κ2) is 8.26. The number of rotatable bonds is 8. The highest BCUT2D eigenvalue weighted by molar-refractivity contribution is 8.55. The van der Waals surface area contributed by atoms with Crippen molar-refractivity contribution in [1.82, 2.24) is 5.32 Å². The van der Waals surface area contributed by atoms with Gasteiger partial charge in [-0.05, 0) is 18.3 Å². The molecule has 1 amide bonds. The zero-order chi connectivity index (χ0) is 13.5. The Labute approximate surface area is 108 Å². The topological polar surface area (TPSA) is 81.7 Å². The number of carbonyl (C=O) groups is 1. The van der Waals surface area contributed by atoms with Crippen molar-refractivity contribution in [3.8, 4) is 0 Å². The van der Waals surface area contributed by atoms with E-state index in [1.54, 1.807) is 6.92 Å². The molecule has 0 unspecified atom stereocenters. The third-order valence-corrected chi connectivity index (χ3v) is 7.85. The fourth-order valence-corrected chi connectivity index (χ4v) is 5.13. The normalized spacial score (nSPS) is 15.3. The van der Waals surface area contributed by atoms with Crippen LogP contribution in [0.1, 0.15) is 6.92 Å². The Morgan fingerprint density at radius 3 is 2.41 bits per heavy atom. The smallest absolute Gasteiger partial charge is 0.358 e. The Bertz CT molecular complexity index is 317. The third-order valence-electron chi connectivity index (χ3n) is 1.99. The SMILES string of the molecule is CNC(=O)[C@H](C)[S@@](=O)CCSP(=O)(OC)OC. The lowest BCUT2D eigenvalue weighted by atomic mass is 10.4. The van der Waals surface area contributed by atoms with Gasteiger partial charge in [0.15, 0.2) is 0 Å². The molecule has 1 N–H and O–H groups in total. The molecule has 0 radical (unpaired) electrons. The predicted molar refractivity (Wildman–Crippen MR) is 70.6 cm³/mol. The van der Waals surface area contributed by atoms with Crippen molar-refractivity contribution in [1.29, 1.82) is 0 Å². The van der Waals surface area contributed by atoms with Crippen molar-refractivity contribution in [2.24, 2.45) is 0 Å². The molecule has 102 valence electrons. The monoisotopic (exact) mass is 303 g/mol. The summed E-state index contributed by atoms with van der Waals surface area (Å²) >= 11 is 0.975. The Morgan fingerprint density at radius 2 is 2.00 bits per heavy atom. The van der Waals surface area contributed by atoms with Crippen LogP contribution in [0.4, 0.5) is 0 Å². The summed E-state index contributed by atoms with van der Waals surface area (Å²) in [6, 6.07) is 0. The predicted octanol–water partition coefficient (Wildman–Crippen LogP) is 1.00. The van der Waals surface area contributed by atoms with Crippen LogP contribution in [0.2, 0.25) is 0 Å². The van der Waals surface area contributed by atoms with Crippen molar-refractivity contribution in [2.45, 2.75) is 12.2 Å². The van der Waals surface area contributed by atoms with Crippen LogP contribution in [0.25, 0.3) is 0 Å². The van der Waals surface area contributed by atoms with E-state index in [1.165, 1.54) is 21.3 Å². The van der Waals surface area contributed by atoms with E-state index < -0.39 is 22.8 Å². The van der Waals surface area contributed by atoms with E-state index in [2.05, 4.69) is 5.32 Å². The van der Waals surface area contributed by atoms with Gasteiger partial charge < -0.3 is 14.4 Å². The van der Waals surface area contributed by atoms with Gasteiger partial charge in [-0.25, -0.2) is 4.57 Å². The van der Waals surface area contributed by atoms with Crippen LogP contribution >= 0.6 is 18.2 Å². The van der Waals surface area contributed by atoms with E-state index in [9.17, 15) is 13.6 Å². The molecule has 0 aromatic heterocycles. The fourth-order valence-electron chi connectivity index (χ4n) is 0.911. The van der Waals surface area contributed by atoms with Crippen LogP contribution in [0, 0.1) is 0 Å². The molecule has 17 heavy (non-hydrogen) atoms. The summed E-state index contributed by atoms with van der Waals surface area (Å²) in [6.07, 6.45) is 0. The Morgan fingerprint density at radius 1 is 1.47 bits per heavy atom. The van der Waals surface area contributed by atoms with Gasteiger partial charge in [0, 0.05) is 43.6 Å². The van der Waals surface area contributed by atoms with E-state index in [-0.39, 0.29) is 11.7 Å². The highest BCUT2D eigenvalue weighted by atomic mass is 32.7. The van der Waals surface area contributed by atoms with Crippen LogP contribution in [-0.2, 0) is 29.2 Å². The molecule has 0 saturated carbocycles. The average Bonchev–Trinajstić information content (AvgIpc) is 2.36. The first-order valence-electron chi connectivity index (χ1n) is 4.85. The molecule has 0 saturated heterocycles. The van der Waals surface area contributed by atoms with Gasteiger partial charge in [0.1, 0.15) is 5.25 Å². The van der Waals surface area contributed by atoms with Crippen molar-refractivity contribution in [3.63, 3.8) is 0 Å². The summed E-state index contributed by atoms with van der Waals surface area (Å²) in [4.78, 5) is 11.2. The van der Waals surface area contributed by atoms with Crippen LogP contribution in [-0.4, -0.2) is 48.1 Å². The Hall–Kier alpha value is 0.120. The van der Waals surface area contributed by atoms with Gasteiger partial charge in [-0.1, -0.05) is 0 Å². The van der Waals surface area contributed by atoms with Crippen molar-refractivity contribution >= 4 is 34.9 Å². The standard InChI is InChI=1S/C8H18NO5PS2/c1-7(8(10)9-2)17(12)6-5-16-15(11,13-3)14-4/h7H,5-6H2,1-4H3,(H,9,10)/t7-,17-/m0/s1. The first-order chi connectivity index (χ1) is 7.90. The van der Waals surface area contributed by atoms with E-state index in [0.29, 0.717) is 5.75 Å². The summed E-state index contributed by atoms with van der Waals surface area (Å²) < 4.78 is 32.7. The highest BCUT2D eigenvalue weighted by Crippen LogP contribution is 2.59. The van der Waals surface area contributed by atoms with Gasteiger partial charge in [0.05, 0.1) is 0 Å². The Balaban J connectivity index is 4.10. The van der Waals surface area contributed by atoms with Crippen molar-refractivity contribution in [3.05, 3.63) is 0 Å². The molecule has 0 fully saturated rings. The summed E-state index contributed by atoms with van der Waals surface area (Å²) in [5, 5.41) is 1.85. The molecule has 0 spiro atoms. The second-order valence-electron chi connectivity index (χ2n) is 2.99. The number of nitrogens with one attached hydrogen (secondary N) is 1. The van der Waals surface area contributed by atoms with Crippen LogP contribution in [0.3, 0.4) is 0 Å². The minimum atomic E-state index is -3.12. The van der Waals surface area contributed by atoms with Crippen LogP contribution < -0.4 is 5.32 Å². The first-order valence-corrected chi connectivity index (χ1v) is 9.36. The molecule has 0 aliphatic rings. The van der Waals surface area contributed by atoms with Gasteiger partial charge in [0.2, 0.25) is 5.91 Å². The molecule has 0 aliphatic heterocycles. The minimum absolute atomic E-state index is 0.260. The third kappa shape index (κ3) is 6.01. The maximum Gasteiger partial charge on any atom is 0.388 e.